The van der Waals surface area contributed by atoms with Crippen molar-refractivity contribution in [3.8, 4) is 22.9 Å². The second-order valence-electron chi connectivity index (χ2n) is 18.2. The van der Waals surface area contributed by atoms with Crippen LogP contribution in [0.15, 0.2) is 96.3 Å². The van der Waals surface area contributed by atoms with E-state index in [1.54, 1.807) is 53.6 Å². The molecule has 2 amide bonds. The number of aromatic nitrogens is 11. The summed E-state index contributed by atoms with van der Waals surface area (Å²) in [7, 11) is 0. The van der Waals surface area contributed by atoms with E-state index in [0.29, 0.717) is 82.0 Å². The minimum absolute atomic E-state index is 0.0447. The van der Waals surface area contributed by atoms with E-state index in [0.717, 1.165) is 28.0 Å². The van der Waals surface area contributed by atoms with Gasteiger partial charge in [0.2, 0.25) is 11.9 Å². The second-order valence-corrected chi connectivity index (χ2v) is 18.2. The molecule has 1 atom stereocenters. The molecule has 5 aromatic heterocycles. The van der Waals surface area contributed by atoms with Crippen LogP contribution in [0, 0.1) is 6.92 Å². The number of imidazole rings is 1. The number of alkyl halides is 2. The number of halogens is 2. The van der Waals surface area contributed by atoms with Crippen LogP contribution in [0.25, 0.3) is 33.3 Å². The Morgan fingerprint density at radius 3 is 2.28 bits per heavy atom. The van der Waals surface area contributed by atoms with Crippen molar-refractivity contribution < 1.29 is 61.4 Å². The van der Waals surface area contributed by atoms with Crippen molar-refractivity contribution in [2.45, 2.75) is 58.7 Å². The molecule has 0 aliphatic carbocycles. The standard InChI is InChI=1S/C54H61F2N15O12/c1-34-63-42-11-8-36(26-44(42)71(34)31-37-4-2-3-5-45(37)83-52(55)56)38-27-61-54(62-28-38)82-25-24-78-17-15-70-32-41(68-69-70)33-81-23-22-80-21-20-79-19-18-77-16-14-58-46(72)13-12-43(51(75)76)65-49(73)35-6-9-39(10-7-35)59-29-40-30-60-48-47(64-40)50(74)67-53(57)66-48/h2-11,26-28,30,32,43,52,59H,12-25,29,31,33H2,1H3,(H,58,72)(H,65,73)(H,75,76)(H3,57,60,66,67,74)/t43-/m0/s1. The number of nitrogens with zero attached hydrogens (tertiary/aromatic N) is 10. The van der Waals surface area contributed by atoms with Gasteiger partial charge in [0.15, 0.2) is 11.2 Å². The molecule has 0 radical (unpaired) electrons. The Kier molecular flexibility index (Phi) is 22.1. The SMILES string of the molecule is Cc1nc2ccc(-c3cnc(OCCOCCn4cc(COCCOCCOCCOCCNC(=O)CC[C@H](NC(=O)c5ccc(NCc6cnc7nc(N)[nH]c(=O)c7n6)cc5)C(=O)O)nn4)nc3)cc2n1Cc1ccccc1OC(F)F. The summed E-state index contributed by atoms with van der Waals surface area (Å²) in [5.41, 5.74) is 10.9. The number of H-pyrrole nitrogens is 1. The van der Waals surface area contributed by atoms with E-state index in [2.05, 4.69) is 61.2 Å². The van der Waals surface area contributed by atoms with Crippen LogP contribution in [0.4, 0.5) is 20.4 Å². The van der Waals surface area contributed by atoms with Crippen LogP contribution in [-0.2, 0) is 59.5 Å². The Morgan fingerprint density at radius 1 is 0.795 bits per heavy atom. The zero-order chi connectivity index (χ0) is 58.3. The minimum Gasteiger partial charge on any atom is -0.480 e. The third-order valence-corrected chi connectivity index (χ3v) is 12.2. The fourth-order valence-corrected chi connectivity index (χ4v) is 8.09. The van der Waals surface area contributed by atoms with Crippen molar-refractivity contribution >= 4 is 51.6 Å². The van der Waals surface area contributed by atoms with Crippen LogP contribution in [0.1, 0.15) is 46.0 Å². The molecule has 8 rings (SSSR count). The predicted octanol–water partition coefficient (Wildman–Crippen LogP) is 3.71. The average molecular weight is 1150 g/mol. The molecule has 3 aromatic carbocycles. The van der Waals surface area contributed by atoms with Crippen molar-refractivity contribution in [3.05, 3.63) is 130 Å². The first-order valence-electron chi connectivity index (χ1n) is 26.2. The number of anilines is 2. The largest absolute Gasteiger partial charge is 0.480 e. The number of aryl methyl sites for hydroxylation is 1. The Balaban J connectivity index is 0.597. The summed E-state index contributed by atoms with van der Waals surface area (Å²) in [5, 5.41) is 26.2. The molecule has 7 N–H and O–H groups in total. The van der Waals surface area contributed by atoms with Gasteiger partial charge in [-0.15, -0.1) is 5.10 Å². The second kappa shape index (κ2) is 30.6. The van der Waals surface area contributed by atoms with Crippen LogP contribution >= 0.6 is 0 Å². The maximum absolute atomic E-state index is 13.0. The number of nitrogens with two attached hydrogens (primary N) is 1. The Bertz CT molecular complexity index is 3460. The number of carbonyl (C=O) groups excluding carboxylic acids is 2. The highest BCUT2D eigenvalue weighted by molar-refractivity contribution is 5.97. The third-order valence-electron chi connectivity index (χ3n) is 12.2. The van der Waals surface area contributed by atoms with Gasteiger partial charge in [-0.3, -0.25) is 19.4 Å². The number of carboxylic acid groups (broad SMARTS) is 1. The molecule has 8 aromatic rings. The van der Waals surface area contributed by atoms with Crippen LogP contribution in [-0.4, -0.2) is 163 Å². The number of amides is 2. The molecular formula is C54H61F2N15O12. The fraction of sp³-hybridized carbons (Fsp3) is 0.370. The highest BCUT2D eigenvalue weighted by Gasteiger charge is 2.22. The summed E-state index contributed by atoms with van der Waals surface area (Å²) >= 11 is 0. The molecule has 29 heteroatoms. The maximum Gasteiger partial charge on any atom is 0.387 e. The number of fused-ring (bicyclic) bond motifs is 2. The van der Waals surface area contributed by atoms with Gasteiger partial charge in [0.25, 0.3) is 11.5 Å². The van der Waals surface area contributed by atoms with Gasteiger partial charge in [-0.05, 0) is 61.4 Å². The molecule has 438 valence electrons. The van der Waals surface area contributed by atoms with Crippen LogP contribution in [0.3, 0.4) is 0 Å². The number of aromatic amines is 1. The highest BCUT2D eigenvalue weighted by atomic mass is 19.3. The molecule has 0 spiro atoms. The van der Waals surface area contributed by atoms with Crippen LogP contribution in [0.5, 0.6) is 11.8 Å². The topological polar surface area (TPSA) is 344 Å². The van der Waals surface area contributed by atoms with Crippen molar-refractivity contribution in [3.63, 3.8) is 0 Å². The molecule has 0 aliphatic heterocycles. The number of nitrogen functional groups attached to an aromatic ring is 1. The lowest BCUT2D eigenvalue weighted by Crippen LogP contribution is -2.41. The van der Waals surface area contributed by atoms with Gasteiger partial charge in [-0.1, -0.05) is 29.5 Å². The van der Waals surface area contributed by atoms with Gasteiger partial charge in [0.05, 0.1) is 115 Å². The number of aliphatic carboxylic acids is 1. The van der Waals surface area contributed by atoms with E-state index < -0.39 is 36.0 Å². The lowest BCUT2D eigenvalue weighted by molar-refractivity contribution is -0.139. The lowest BCUT2D eigenvalue weighted by Gasteiger charge is -2.15. The first kappa shape index (κ1) is 59.9. The number of carboxylic acids is 1. The van der Waals surface area contributed by atoms with Crippen molar-refractivity contribution in [2.75, 3.05) is 83.7 Å². The molecule has 0 aliphatic rings. The summed E-state index contributed by atoms with van der Waals surface area (Å²) in [6.07, 6.45) is 6.29. The number of ether oxygens (including phenoxy) is 7. The van der Waals surface area contributed by atoms with Gasteiger partial charge >= 0.3 is 18.6 Å². The molecule has 0 saturated heterocycles. The van der Waals surface area contributed by atoms with Crippen molar-refractivity contribution in [1.82, 2.24) is 65.1 Å². The van der Waals surface area contributed by atoms with Gasteiger partial charge in [0.1, 0.15) is 29.9 Å². The molecular weight excluding hydrogens is 1090 g/mol. The molecule has 0 fully saturated rings. The summed E-state index contributed by atoms with van der Waals surface area (Å²) in [5.74, 6) is -1.52. The fourth-order valence-electron chi connectivity index (χ4n) is 8.09. The minimum atomic E-state index is -2.93. The third kappa shape index (κ3) is 18.4. The summed E-state index contributed by atoms with van der Waals surface area (Å²) in [4.78, 5) is 77.3. The smallest absolute Gasteiger partial charge is 0.387 e. The number of para-hydroxylation sites is 1. The molecule has 0 saturated carbocycles. The Labute approximate surface area is 472 Å². The van der Waals surface area contributed by atoms with Gasteiger partial charge < -0.3 is 64.5 Å². The number of hydrogen-bond donors (Lipinski definition) is 6. The summed E-state index contributed by atoms with van der Waals surface area (Å²) in [6.45, 7) is 3.46. The van der Waals surface area contributed by atoms with E-state index in [9.17, 15) is 33.1 Å². The molecule has 27 nitrogen and oxygen atoms in total. The normalized spacial score (nSPS) is 11.8. The average Bonchev–Trinajstić information content (AvgIpc) is 4.33. The number of rotatable bonds is 35. The monoisotopic (exact) mass is 1150 g/mol. The predicted molar refractivity (Wildman–Crippen MR) is 293 cm³/mol. The Hall–Kier alpha value is -9.16. The quantitative estimate of drug-likeness (QED) is 0.0308. The summed E-state index contributed by atoms with van der Waals surface area (Å²) < 4.78 is 68.0. The van der Waals surface area contributed by atoms with Gasteiger partial charge in [0, 0.05) is 47.7 Å². The van der Waals surface area contributed by atoms with E-state index in [1.807, 2.05) is 29.7 Å². The van der Waals surface area contributed by atoms with Crippen LogP contribution < -0.4 is 36.7 Å². The van der Waals surface area contributed by atoms with E-state index in [4.69, 9.17) is 38.9 Å². The van der Waals surface area contributed by atoms with Crippen molar-refractivity contribution in [2.24, 2.45) is 0 Å². The van der Waals surface area contributed by atoms with Crippen LogP contribution in [0.2, 0.25) is 0 Å². The number of benzene rings is 3. The van der Waals surface area contributed by atoms with Gasteiger partial charge in [-0.2, -0.15) is 13.8 Å². The van der Waals surface area contributed by atoms with Gasteiger partial charge in [-0.25, -0.2) is 34.4 Å². The molecule has 0 bridgehead atoms. The number of nitrogens with one attached hydrogen (secondary N) is 4. The first-order chi connectivity index (χ1) is 40.3. The van der Waals surface area contributed by atoms with E-state index in [1.165, 1.54) is 24.4 Å². The molecule has 83 heavy (non-hydrogen) atoms. The zero-order valence-electron chi connectivity index (χ0n) is 45.1. The van der Waals surface area contributed by atoms with Crippen molar-refractivity contribution in [1.29, 1.82) is 0 Å². The Morgan fingerprint density at radius 2 is 1.52 bits per heavy atom. The maximum atomic E-state index is 13.0. The summed E-state index contributed by atoms with van der Waals surface area (Å²) in [6, 6.07) is 17.6. The zero-order valence-corrected chi connectivity index (χ0v) is 45.1. The number of carbonyl (C=O) groups is 3. The lowest BCUT2D eigenvalue weighted by atomic mass is 10.1. The molecule has 0 unspecified atom stereocenters. The number of hydrogen-bond acceptors (Lipinski definition) is 21. The molecule has 5 heterocycles. The van der Waals surface area contributed by atoms with E-state index >= 15 is 0 Å². The highest BCUT2D eigenvalue weighted by Crippen LogP contribution is 2.28. The van der Waals surface area contributed by atoms with E-state index in [-0.39, 0.29) is 86.8 Å². The first-order valence-corrected chi connectivity index (χ1v) is 26.2.